The van der Waals surface area contributed by atoms with E-state index in [1.54, 1.807) is 12.1 Å². The summed E-state index contributed by atoms with van der Waals surface area (Å²) in [6, 6.07) is 11.0. The molecule has 0 spiro atoms. The van der Waals surface area contributed by atoms with Crippen LogP contribution in [0.5, 0.6) is 0 Å². The molecule has 2 heterocycles. The maximum atomic E-state index is 9.10. The summed E-state index contributed by atoms with van der Waals surface area (Å²) >= 11 is 13.3. The number of nitriles is 1. The molecule has 0 bridgehead atoms. The molecule has 116 valence electrons. The molecule has 8 heteroatoms. The maximum absolute atomic E-state index is 9.10. The highest BCUT2D eigenvalue weighted by molar-refractivity contribution is 7.20. The lowest BCUT2D eigenvalue weighted by Gasteiger charge is -2.09. The van der Waals surface area contributed by atoms with Crippen LogP contribution < -0.4 is 5.32 Å². The van der Waals surface area contributed by atoms with Crippen LogP contribution in [0.25, 0.3) is 21.1 Å². The van der Waals surface area contributed by atoms with Crippen LogP contribution in [0.4, 0.5) is 11.5 Å². The number of hydrogen-bond acceptors (Lipinski definition) is 6. The summed E-state index contributed by atoms with van der Waals surface area (Å²) in [4.78, 5) is 12.9. The van der Waals surface area contributed by atoms with Gasteiger partial charge in [0.25, 0.3) is 0 Å². The van der Waals surface area contributed by atoms with Gasteiger partial charge in [0.1, 0.15) is 18.2 Å². The number of anilines is 2. The van der Waals surface area contributed by atoms with E-state index < -0.39 is 0 Å². The Kier molecular flexibility index (Phi) is 3.69. The molecule has 5 nitrogen and oxygen atoms in total. The highest BCUT2D eigenvalue weighted by Crippen LogP contribution is 2.35. The van der Waals surface area contributed by atoms with E-state index in [-0.39, 0.29) is 0 Å². The molecule has 2 aromatic heterocycles. The Balaban J connectivity index is 1.92. The van der Waals surface area contributed by atoms with Crippen LogP contribution in [0.3, 0.4) is 0 Å². The molecule has 24 heavy (non-hydrogen) atoms. The molecule has 0 radical (unpaired) electrons. The van der Waals surface area contributed by atoms with Crippen LogP contribution >= 0.6 is 34.5 Å². The molecule has 1 N–H and O–H groups in total. The Morgan fingerprint density at radius 2 is 1.88 bits per heavy atom. The fourth-order valence-corrected chi connectivity index (χ4v) is 3.59. The number of hydrogen-bond donors (Lipinski definition) is 1. The van der Waals surface area contributed by atoms with Gasteiger partial charge in [-0.2, -0.15) is 5.26 Å². The van der Waals surface area contributed by atoms with Crippen LogP contribution in [-0.2, 0) is 0 Å². The number of thiazole rings is 1. The van der Waals surface area contributed by atoms with Crippen molar-refractivity contribution >= 4 is 67.2 Å². The van der Waals surface area contributed by atoms with Gasteiger partial charge in [0.05, 0.1) is 31.2 Å². The Bertz CT molecular complexity index is 1130. The van der Waals surface area contributed by atoms with Crippen molar-refractivity contribution in [3.63, 3.8) is 0 Å². The smallest absolute Gasteiger partial charge is 0.195 e. The zero-order valence-corrected chi connectivity index (χ0v) is 14.2. The number of nitrogens with one attached hydrogen (secondary N) is 1. The summed E-state index contributed by atoms with van der Waals surface area (Å²) in [5.74, 6) is 0.622. The number of aromatic nitrogens is 3. The SMILES string of the molecule is N#Cc1nc2ccc3ncnc(Nc4ccc(Cl)c(Cl)c4)c3c2s1. The van der Waals surface area contributed by atoms with Crippen LogP contribution in [0.2, 0.25) is 10.0 Å². The van der Waals surface area contributed by atoms with Crippen molar-refractivity contribution in [1.29, 1.82) is 5.26 Å². The van der Waals surface area contributed by atoms with Crippen LogP contribution in [0, 0.1) is 11.3 Å². The molecule has 0 amide bonds. The Morgan fingerprint density at radius 3 is 2.67 bits per heavy atom. The van der Waals surface area contributed by atoms with E-state index in [0.29, 0.717) is 20.9 Å². The average molecular weight is 372 g/mol. The van der Waals surface area contributed by atoms with Gasteiger partial charge < -0.3 is 5.32 Å². The first-order valence-corrected chi connectivity index (χ1v) is 8.39. The number of fused-ring (bicyclic) bond motifs is 3. The molecule has 0 aliphatic carbocycles. The summed E-state index contributed by atoms with van der Waals surface area (Å²) in [5, 5.41) is 14.5. The van der Waals surface area contributed by atoms with Gasteiger partial charge in [-0.05, 0) is 30.3 Å². The summed E-state index contributed by atoms with van der Waals surface area (Å²) in [6.07, 6.45) is 1.49. The second kappa shape index (κ2) is 5.87. The van der Waals surface area contributed by atoms with E-state index >= 15 is 0 Å². The Morgan fingerprint density at radius 1 is 1.04 bits per heavy atom. The lowest BCUT2D eigenvalue weighted by Crippen LogP contribution is -1.96. The van der Waals surface area contributed by atoms with Crippen molar-refractivity contribution in [3.05, 3.63) is 51.7 Å². The van der Waals surface area contributed by atoms with E-state index in [1.807, 2.05) is 18.2 Å². The standard InChI is InChI=1S/C16H7Cl2N5S/c17-9-2-1-8(5-10(9)18)22-16-14-11(20-7-21-16)3-4-12-15(14)24-13(6-19)23-12/h1-5,7H,(H,20,21,22). The average Bonchev–Trinajstić information content (AvgIpc) is 3.02. The van der Waals surface area contributed by atoms with Crippen LogP contribution in [-0.4, -0.2) is 15.0 Å². The molecule has 0 fully saturated rings. The third-order valence-electron chi connectivity index (χ3n) is 3.43. The van der Waals surface area contributed by atoms with Gasteiger partial charge in [-0.25, -0.2) is 15.0 Å². The molecule has 0 atom stereocenters. The monoisotopic (exact) mass is 371 g/mol. The quantitative estimate of drug-likeness (QED) is 0.526. The first-order valence-electron chi connectivity index (χ1n) is 6.82. The highest BCUT2D eigenvalue weighted by atomic mass is 35.5. The molecule has 0 saturated heterocycles. The summed E-state index contributed by atoms with van der Waals surface area (Å²) < 4.78 is 0.868. The fraction of sp³-hybridized carbons (Fsp3) is 0. The summed E-state index contributed by atoms with van der Waals surface area (Å²) in [7, 11) is 0. The van der Waals surface area contributed by atoms with Crippen LogP contribution in [0.1, 0.15) is 5.01 Å². The summed E-state index contributed by atoms with van der Waals surface area (Å²) in [5.41, 5.74) is 2.27. The molecule has 2 aromatic carbocycles. The van der Waals surface area contributed by atoms with Crippen molar-refractivity contribution in [2.45, 2.75) is 0 Å². The lowest BCUT2D eigenvalue weighted by molar-refractivity contribution is 1.22. The van der Waals surface area contributed by atoms with E-state index in [1.165, 1.54) is 17.7 Å². The minimum atomic E-state index is 0.404. The molecule has 4 rings (SSSR count). The van der Waals surface area contributed by atoms with Gasteiger partial charge in [0.2, 0.25) is 0 Å². The zero-order chi connectivity index (χ0) is 16.7. The minimum absolute atomic E-state index is 0.404. The molecule has 4 aromatic rings. The highest BCUT2D eigenvalue weighted by Gasteiger charge is 2.13. The normalized spacial score (nSPS) is 10.9. The molecular formula is C16H7Cl2N5S. The largest absolute Gasteiger partial charge is 0.340 e. The number of benzene rings is 2. The van der Waals surface area contributed by atoms with Gasteiger partial charge in [0, 0.05) is 5.69 Å². The first kappa shape index (κ1) is 15.1. The Labute approximate surface area is 150 Å². The predicted octanol–water partition coefficient (Wildman–Crippen LogP) is 5.16. The van der Waals surface area contributed by atoms with E-state index in [0.717, 1.165) is 26.8 Å². The van der Waals surface area contributed by atoms with E-state index in [9.17, 15) is 0 Å². The fourth-order valence-electron chi connectivity index (χ4n) is 2.38. The van der Waals surface area contributed by atoms with Crippen molar-refractivity contribution < 1.29 is 0 Å². The van der Waals surface area contributed by atoms with Crippen molar-refractivity contribution in [1.82, 2.24) is 15.0 Å². The third kappa shape index (κ3) is 2.53. The molecule has 0 saturated carbocycles. The van der Waals surface area contributed by atoms with Gasteiger partial charge in [0.15, 0.2) is 5.01 Å². The predicted molar refractivity (Wildman–Crippen MR) is 97.2 cm³/mol. The molecular weight excluding hydrogens is 365 g/mol. The Hall–Kier alpha value is -2.46. The van der Waals surface area contributed by atoms with Crippen molar-refractivity contribution in [2.24, 2.45) is 0 Å². The zero-order valence-electron chi connectivity index (χ0n) is 11.9. The third-order valence-corrected chi connectivity index (χ3v) is 5.17. The van der Waals surface area contributed by atoms with Gasteiger partial charge >= 0.3 is 0 Å². The number of rotatable bonds is 2. The molecule has 0 unspecified atom stereocenters. The van der Waals surface area contributed by atoms with Crippen LogP contribution in [0.15, 0.2) is 36.7 Å². The minimum Gasteiger partial charge on any atom is -0.340 e. The second-order valence-corrected chi connectivity index (χ2v) is 6.73. The lowest BCUT2D eigenvalue weighted by atomic mass is 10.2. The second-order valence-electron chi connectivity index (χ2n) is 4.91. The molecule has 0 aliphatic heterocycles. The number of halogens is 2. The van der Waals surface area contributed by atoms with Crippen molar-refractivity contribution in [3.8, 4) is 6.07 Å². The van der Waals surface area contributed by atoms with Gasteiger partial charge in [-0.1, -0.05) is 23.2 Å². The van der Waals surface area contributed by atoms with Gasteiger partial charge in [-0.15, -0.1) is 11.3 Å². The van der Waals surface area contributed by atoms with Crippen molar-refractivity contribution in [2.75, 3.05) is 5.32 Å². The number of nitrogens with zero attached hydrogens (tertiary/aromatic N) is 4. The first-order chi connectivity index (χ1) is 11.7. The summed E-state index contributed by atoms with van der Waals surface area (Å²) in [6.45, 7) is 0. The van der Waals surface area contributed by atoms with E-state index in [4.69, 9.17) is 28.5 Å². The molecule has 0 aliphatic rings. The van der Waals surface area contributed by atoms with Gasteiger partial charge in [-0.3, -0.25) is 0 Å². The van der Waals surface area contributed by atoms with E-state index in [2.05, 4.69) is 26.3 Å². The topological polar surface area (TPSA) is 74.5 Å². The maximum Gasteiger partial charge on any atom is 0.195 e.